The molecule has 12 rings (SSSR count). The standard InChI is InChI=1S/C54H35NO/c1-2-13-34(14-3-1)35-27-29-39(30-28-35)55(50-25-11-22-44-41-19-8-5-16-37(41)32-48(44)50)51-26-12-24-46-49-33-38-17-6-9-20-42(38)52(54(49)56-53(46)51)45-23-10-21-43-40-18-7-4-15-36(40)31-47(43)45/h1-30,33H,31-32H2. The molecule has 0 spiro atoms. The molecule has 1 aromatic heterocycles. The Kier molecular flexibility index (Phi) is 6.79. The Balaban J connectivity index is 1.12. The van der Waals surface area contributed by atoms with Gasteiger partial charge in [-0.05, 0) is 109 Å². The Morgan fingerprint density at radius 2 is 0.946 bits per heavy atom. The van der Waals surface area contributed by atoms with Crippen LogP contribution >= 0.6 is 0 Å². The van der Waals surface area contributed by atoms with Gasteiger partial charge >= 0.3 is 0 Å². The molecule has 0 aliphatic heterocycles. The van der Waals surface area contributed by atoms with E-state index in [-0.39, 0.29) is 0 Å². The Labute approximate surface area is 325 Å². The molecule has 9 aromatic carbocycles. The van der Waals surface area contributed by atoms with Crippen LogP contribution in [0.15, 0.2) is 192 Å². The molecule has 2 aliphatic carbocycles. The summed E-state index contributed by atoms with van der Waals surface area (Å²) in [6.45, 7) is 0. The van der Waals surface area contributed by atoms with Crippen LogP contribution in [0.1, 0.15) is 22.3 Å². The summed E-state index contributed by atoms with van der Waals surface area (Å²) in [6.07, 6.45) is 1.79. The van der Waals surface area contributed by atoms with Crippen LogP contribution in [0.5, 0.6) is 0 Å². The summed E-state index contributed by atoms with van der Waals surface area (Å²) in [5.41, 5.74) is 20.6. The molecule has 0 saturated heterocycles. The first kappa shape index (κ1) is 31.2. The van der Waals surface area contributed by atoms with Crippen LogP contribution in [0.25, 0.3) is 77.2 Å². The minimum Gasteiger partial charge on any atom is -0.453 e. The summed E-state index contributed by atoms with van der Waals surface area (Å²) in [5.74, 6) is 0. The van der Waals surface area contributed by atoms with Crippen molar-refractivity contribution in [2.24, 2.45) is 0 Å². The quantitative estimate of drug-likeness (QED) is 0.177. The number of benzene rings is 9. The lowest BCUT2D eigenvalue weighted by Crippen LogP contribution is -2.12. The molecule has 10 aromatic rings. The van der Waals surface area contributed by atoms with Gasteiger partial charge in [-0.2, -0.15) is 0 Å². The van der Waals surface area contributed by atoms with E-state index in [0.29, 0.717) is 0 Å². The van der Waals surface area contributed by atoms with Gasteiger partial charge in [0.05, 0.1) is 11.4 Å². The van der Waals surface area contributed by atoms with Crippen LogP contribution in [-0.4, -0.2) is 0 Å². The molecule has 2 nitrogen and oxygen atoms in total. The maximum atomic E-state index is 7.37. The number of nitrogens with zero attached hydrogens (tertiary/aromatic N) is 1. The summed E-state index contributed by atoms with van der Waals surface area (Å²) < 4.78 is 7.37. The zero-order valence-electron chi connectivity index (χ0n) is 30.7. The molecule has 1 heterocycles. The van der Waals surface area contributed by atoms with Crippen molar-refractivity contribution in [2.45, 2.75) is 12.8 Å². The second-order valence-corrected chi connectivity index (χ2v) is 15.2. The fourth-order valence-corrected chi connectivity index (χ4v) is 9.61. The predicted octanol–water partition coefficient (Wildman–Crippen LogP) is 14.7. The van der Waals surface area contributed by atoms with Crippen LogP contribution < -0.4 is 4.90 Å². The van der Waals surface area contributed by atoms with E-state index in [1.54, 1.807) is 0 Å². The van der Waals surface area contributed by atoms with E-state index in [9.17, 15) is 0 Å². The van der Waals surface area contributed by atoms with Crippen LogP contribution in [0.2, 0.25) is 0 Å². The molecule has 0 bridgehead atoms. The molecular formula is C54H35NO. The van der Waals surface area contributed by atoms with E-state index in [1.807, 2.05) is 0 Å². The van der Waals surface area contributed by atoms with Gasteiger partial charge in [0.1, 0.15) is 5.58 Å². The van der Waals surface area contributed by atoms with Crippen molar-refractivity contribution in [3.8, 4) is 44.5 Å². The smallest absolute Gasteiger partial charge is 0.159 e. The maximum Gasteiger partial charge on any atom is 0.159 e. The van der Waals surface area contributed by atoms with Gasteiger partial charge in [-0.3, -0.25) is 0 Å². The number of para-hydroxylation sites is 1. The van der Waals surface area contributed by atoms with Crippen LogP contribution in [0, 0.1) is 0 Å². The molecule has 0 unspecified atom stereocenters. The average Bonchev–Trinajstić information content (AvgIpc) is 3.96. The molecule has 2 aliphatic rings. The first-order valence-corrected chi connectivity index (χ1v) is 19.5. The highest BCUT2D eigenvalue weighted by Crippen LogP contribution is 2.51. The van der Waals surface area contributed by atoms with Crippen molar-refractivity contribution in [1.29, 1.82) is 0 Å². The van der Waals surface area contributed by atoms with Gasteiger partial charge in [0.15, 0.2) is 5.58 Å². The van der Waals surface area contributed by atoms with Gasteiger partial charge in [0, 0.05) is 28.4 Å². The second kappa shape index (κ2) is 12.2. The van der Waals surface area contributed by atoms with Crippen LogP contribution in [0.3, 0.4) is 0 Å². The van der Waals surface area contributed by atoms with E-state index in [2.05, 4.69) is 193 Å². The first-order valence-electron chi connectivity index (χ1n) is 19.5. The van der Waals surface area contributed by atoms with E-state index in [0.717, 1.165) is 46.2 Å². The van der Waals surface area contributed by atoms with E-state index in [4.69, 9.17) is 4.42 Å². The lowest BCUT2D eigenvalue weighted by molar-refractivity contribution is 0.670. The summed E-state index contributed by atoms with van der Waals surface area (Å²) >= 11 is 0. The highest BCUT2D eigenvalue weighted by atomic mass is 16.3. The lowest BCUT2D eigenvalue weighted by Gasteiger charge is -2.28. The molecule has 2 heteroatoms. The van der Waals surface area contributed by atoms with Crippen molar-refractivity contribution in [1.82, 2.24) is 0 Å². The Hall–Kier alpha value is -7.16. The molecular weight excluding hydrogens is 679 g/mol. The monoisotopic (exact) mass is 713 g/mol. The van der Waals surface area contributed by atoms with Gasteiger partial charge in [-0.1, -0.05) is 158 Å². The normalized spacial score (nSPS) is 12.5. The zero-order valence-corrected chi connectivity index (χ0v) is 30.7. The number of hydrogen-bond donors (Lipinski definition) is 0. The summed E-state index contributed by atoms with van der Waals surface area (Å²) in [4.78, 5) is 2.43. The summed E-state index contributed by atoms with van der Waals surface area (Å²) in [5, 5.41) is 4.66. The number of anilines is 3. The number of fused-ring (bicyclic) bond motifs is 10. The van der Waals surface area contributed by atoms with Crippen molar-refractivity contribution in [3.05, 3.63) is 210 Å². The molecule has 0 N–H and O–H groups in total. The highest BCUT2D eigenvalue weighted by molar-refractivity contribution is 6.20. The summed E-state index contributed by atoms with van der Waals surface area (Å²) in [7, 11) is 0. The Morgan fingerprint density at radius 3 is 1.75 bits per heavy atom. The van der Waals surface area contributed by atoms with Crippen LogP contribution in [-0.2, 0) is 12.8 Å². The fraction of sp³-hybridized carbons (Fsp3) is 0.0370. The highest BCUT2D eigenvalue weighted by Gasteiger charge is 2.29. The average molecular weight is 714 g/mol. The molecule has 0 atom stereocenters. The van der Waals surface area contributed by atoms with E-state index in [1.165, 1.54) is 83.2 Å². The van der Waals surface area contributed by atoms with Gasteiger partial charge < -0.3 is 9.32 Å². The molecule has 0 fully saturated rings. The predicted molar refractivity (Wildman–Crippen MR) is 233 cm³/mol. The van der Waals surface area contributed by atoms with Crippen molar-refractivity contribution < 1.29 is 4.42 Å². The third-order valence-corrected chi connectivity index (χ3v) is 12.2. The van der Waals surface area contributed by atoms with Gasteiger partial charge in [0.25, 0.3) is 0 Å². The lowest BCUT2D eigenvalue weighted by atomic mass is 9.90. The maximum absolute atomic E-state index is 7.37. The molecule has 0 saturated carbocycles. The topological polar surface area (TPSA) is 16.4 Å². The number of rotatable bonds is 5. The van der Waals surface area contributed by atoms with E-state index < -0.39 is 0 Å². The largest absolute Gasteiger partial charge is 0.453 e. The fourth-order valence-electron chi connectivity index (χ4n) is 9.61. The molecule has 262 valence electrons. The molecule has 0 amide bonds. The van der Waals surface area contributed by atoms with Gasteiger partial charge in [-0.15, -0.1) is 0 Å². The van der Waals surface area contributed by atoms with Crippen molar-refractivity contribution >= 4 is 49.8 Å². The third-order valence-electron chi connectivity index (χ3n) is 12.2. The van der Waals surface area contributed by atoms with E-state index >= 15 is 0 Å². The SMILES string of the molecule is c1ccc(-c2ccc(N(c3cccc4c3Cc3ccccc3-4)c3cccc4c3oc3c(-c5cccc6c5Cc5ccccc5-6)c5ccccc5cc34)cc2)cc1. The first-order chi connectivity index (χ1) is 27.8. The zero-order chi connectivity index (χ0) is 36.7. The Morgan fingerprint density at radius 1 is 0.375 bits per heavy atom. The second-order valence-electron chi connectivity index (χ2n) is 15.2. The van der Waals surface area contributed by atoms with Crippen molar-refractivity contribution in [2.75, 3.05) is 4.90 Å². The van der Waals surface area contributed by atoms with Crippen molar-refractivity contribution in [3.63, 3.8) is 0 Å². The third kappa shape index (κ3) is 4.63. The van der Waals surface area contributed by atoms with Gasteiger partial charge in [0.2, 0.25) is 0 Å². The molecule has 56 heavy (non-hydrogen) atoms. The van der Waals surface area contributed by atoms with Crippen LogP contribution in [0.4, 0.5) is 17.1 Å². The summed E-state index contributed by atoms with van der Waals surface area (Å²) in [6, 6.07) is 68.6. The number of furan rings is 1. The minimum atomic E-state index is 0.882. The number of hydrogen-bond acceptors (Lipinski definition) is 2. The minimum absolute atomic E-state index is 0.882. The Bertz CT molecular complexity index is 3190. The molecule has 0 radical (unpaired) electrons. The van der Waals surface area contributed by atoms with Gasteiger partial charge in [-0.25, -0.2) is 0 Å².